The Morgan fingerprint density at radius 2 is 1.81 bits per heavy atom. The van der Waals surface area contributed by atoms with E-state index in [1.54, 1.807) is 54.6 Å². The number of nitrogens with zero attached hydrogens (tertiary/aromatic N) is 1. The fourth-order valence-corrected chi connectivity index (χ4v) is 2.87. The van der Waals surface area contributed by atoms with E-state index in [0.717, 1.165) is 6.42 Å². The minimum atomic E-state index is -0.268. The molecule has 0 fully saturated rings. The van der Waals surface area contributed by atoms with Crippen molar-refractivity contribution in [2.24, 2.45) is 5.92 Å². The third-order valence-electron chi connectivity index (χ3n) is 4.64. The summed E-state index contributed by atoms with van der Waals surface area (Å²) in [6, 6.07) is 15.5. The molecule has 1 aromatic heterocycles. The van der Waals surface area contributed by atoms with Crippen molar-refractivity contribution in [3.8, 4) is 11.5 Å². The molecular formula is C24H27N3O5. The van der Waals surface area contributed by atoms with E-state index in [9.17, 15) is 9.59 Å². The SMILES string of the molecule is COc1ccccc1C(=O)Nc1ccc(OCc2cc(C(=O)NCCC(C)C)no2)cc1. The number of para-hydroxylation sites is 1. The number of amides is 2. The molecule has 2 aromatic carbocycles. The van der Waals surface area contributed by atoms with Gasteiger partial charge in [-0.3, -0.25) is 9.59 Å². The van der Waals surface area contributed by atoms with E-state index in [-0.39, 0.29) is 24.1 Å². The van der Waals surface area contributed by atoms with Gasteiger partial charge in [-0.15, -0.1) is 0 Å². The van der Waals surface area contributed by atoms with Gasteiger partial charge in [0.05, 0.1) is 12.7 Å². The number of hydrogen-bond donors (Lipinski definition) is 2. The summed E-state index contributed by atoms with van der Waals surface area (Å²) in [7, 11) is 1.52. The van der Waals surface area contributed by atoms with E-state index in [2.05, 4.69) is 29.6 Å². The second-order valence-electron chi connectivity index (χ2n) is 7.58. The molecule has 0 unspecified atom stereocenters. The molecule has 0 bridgehead atoms. The van der Waals surface area contributed by atoms with E-state index >= 15 is 0 Å². The topological polar surface area (TPSA) is 103 Å². The van der Waals surface area contributed by atoms with Gasteiger partial charge >= 0.3 is 0 Å². The van der Waals surface area contributed by atoms with Gasteiger partial charge in [0.2, 0.25) is 0 Å². The van der Waals surface area contributed by atoms with Gasteiger partial charge in [0.15, 0.2) is 11.5 Å². The Morgan fingerprint density at radius 3 is 2.53 bits per heavy atom. The largest absolute Gasteiger partial charge is 0.496 e. The maximum Gasteiger partial charge on any atom is 0.273 e. The number of nitrogens with one attached hydrogen (secondary N) is 2. The van der Waals surface area contributed by atoms with Crippen LogP contribution in [0, 0.1) is 5.92 Å². The molecule has 1 heterocycles. The molecular weight excluding hydrogens is 410 g/mol. The predicted molar refractivity (Wildman–Crippen MR) is 120 cm³/mol. The Morgan fingerprint density at radius 1 is 1.06 bits per heavy atom. The zero-order chi connectivity index (χ0) is 22.9. The highest BCUT2D eigenvalue weighted by molar-refractivity contribution is 6.06. The van der Waals surface area contributed by atoms with Gasteiger partial charge in [0.25, 0.3) is 11.8 Å². The van der Waals surface area contributed by atoms with Crippen molar-refractivity contribution >= 4 is 17.5 Å². The number of anilines is 1. The first-order chi connectivity index (χ1) is 15.5. The molecule has 2 N–H and O–H groups in total. The van der Waals surface area contributed by atoms with E-state index in [0.29, 0.717) is 41.0 Å². The summed E-state index contributed by atoms with van der Waals surface area (Å²) in [6.45, 7) is 4.91. The van der Waals surface area contributed by atoms with Crippen molar-refractivity contribution in [2.45, 2.75) is 26.9 Å². The maximum atomic E-state index is 12.5. The summed E-state index contributed by atoms with van der Waals surface area (Å²) in [6.07, 6.45) is 0.898. The lowest BCUT2D eigenvalue weighted by Crippen LogP contribution is -2.25. The number of rotatable bonds is 10. The summed E-state index contributed by atoms with van der Waals surface area (Å²) in [4.78, 5) is 24.5. The Labute approximate surface area is 186 Å². The lowest BCUT2D eigenvalue weighted by Gasteiger charge is -2.10. The first kappa shape index (κ1) is 22.9. The standard InChI is InChI=1S/C24H27N3O5/c1-16(2)12-13-25-24(29)21-14-19(32-27-21)15-31-18-10-8-17(9-11-18)26-23(28)20-6-4-5-7-22(20)30-3/h4-11,14,16H,12-13,15H2,1-3H3,(H,25,29)(H,26,28). The van der Waals surface area contributed by atoms with Gasteiger partial charge in [0, 0.05) is 18.3 Å². The Balaban J connectivity index is 1.50. The van der Waals surface area contributed by atoms with Crippen LogP contribution in [-0.4, -0.2) is 30.6 Å². The van der Waals surface area contributed by atoms with Crippen LogP contribution in [0.5, 0.6) is 11.5 Å². The summed E-state index contributed by atoms with van der Waals surface area (Å²) < 4.78 is 16.1. The molecule has 3 aromatic rings. The van der Waals surface area contributed by atoms with Gasteiger partial charge in [-0.25, -0.2) is 0 Å². The minimum absolute atomic E-state index is 0.124. The number of methoxy groups -OCH3 is 1. The zero-order valence-corrected chi connectivity index (χ0v) is 18.4. The van der Waals surface area contributed by atoms with Crippen LogP contribution < -0.4 is 20.1 Å². The molecule has 32 heavy (non-hydrogen) atoms. The van der Waals surface area contributed by atoms with Crippen molar-refractivity contribution in [2.75, 3.05) is 19.0 Å². The normalized spacial score (nSPS) is 10.6. The first-order valence-electron chi connectivity index (χ1n) is 10.4. The van der Waals surface area contributed by atoms with Crippen LogP contribution in [0.15, 0.2) is 59.1 Å². The van der Waals surface area contributed by atoms with E-state index < -0.39 is 0 Å². The van der Waals surface area contributed by atoms with Gasteiger partial charge in [0.1, 0.15) is 18.1 Å². The number of carbonyl (C=O) groups is 2. The number of hydrogen-bond acceptors (Lipinski definition) is 6. The third-order valence-corrected chi connectivity index (χ3v) is 4.64. The Hall–Kier alpha value is -3.81. The monoisotopic (exact) mass is 437 g/mol. The van der Waals surface area contributed by atoms with Crippen LogP contribution in [0.4, 0.5) is 5.69 Å². The lowest BCUT2D eigenvalue weighted by atomic mass is 10.1. The molecule has 0 atom stereocenters. The van der Waals surface area contributed by atoms with Gasteiger partial charge in [-0.1, -0.05) is 31.1 Å². The quantitative estimate of drug-likeness (QED) is 0.491. The Bertz CT molecular complexity index is 1040. The van der Waals surface area contributed by atoms with Crippen molar-refractivity contribution in [1.29, 1.82) is 0 Å². The van der Waals surface area contributed by atoms with Crippen molar-refractivity contribution < 1.29 is 23.6 Å². The van der Waals surface area contributed by atoms with Crippen LogP contribution >= 0.6 is 0 Å². The average Bonchev–Trinajstić information content (AvgIpc) is 3.27. The molecule has 3 rings (SSSR count). The predicted octanol–water partition coefficient (Wildman–Crippen LogP) is 4.29. The van der Waals surface area contributed by atoms with E-state index in [1.165, 1.54) is 7.11 Å². The number of aromatic nitrogens is 1. The number of carbonyl (C=O) groups excluding carboxylic acids is 2. The molecule has 8 nitrogen and oxygen atoms in total. The van der Waals surface area contributed by atoms with Crippen molar-refractivity contribution in [3.63, 3.8) is 0 Å². The molecule has 0 saturated heterocycles. The third kappa shape index (κ3) is 6.34. The van der Waals surface area contributed by atoms with Gasteiger partial charge < -0.3 is 24.6 Å². The highest BCUT2D eigenvalue weighted by atomic mass is 16.5. The van der Waals surface area contributed by atoms with Gasteiger partial charge in [-0.05, 0) is 48.7 Å². The van der Waals surface area contributed by atoms with Crippen LogP contribution in [0.1, 0.15) is 46.9 Å². The molecule has 0 aliphatic carbocycles. The molecule has 2 amide bonds. The van der Waals surface area contributed by atoms with Crippen molar-refractivity contribution in [3.05, 3.63) is 71.6 Å². The molecule has 0 saturated carbocycles. The fourth-order valence-electron chi connectivity index (χ4n) is 2.87. The lowest BCUT2D eigenvalue weighted by molar-refractivity contribution is 0.0941. The Kier molecular flexibility index (Phi) is 7.85. The van der Waals surface area contributed by atoms with Crippen molar-refractivity contribution in [1.82, 2.24) is 10.5 Å². The summed E-state index contributed by atoms with van der Waals surface area (Å²) in [5.41, 5.74) is 1.29. The molecule has 168 valence electrons. The smallest absolute Gasteiger partial charge is 0.273 e. The van der Waals surface area contributed by atoms with Crippen LogP contribution in [-0.2, 0) is 6.61 Å². The second-order valence-corrected chi connectivity index (χ2v) is 7.58. The molecule has 0 aliphatic heterocycles. The molecule has 0 radical (unpaired) electrons. The first-order valence-corrected chi connectivity index (χ1v) is 10.4. The summed E-state index contributed by atoms with van der Waals surface area (Å²) in [5.74, 6) is 1.50. The summed E-state index contributed by atoms with van der Waals surface area (Å²) >= 11 is 0. The van der Waals surface area contributed by atoms with Gasteiger partial charge in [-0.2, -0.15) is 0 Å². The molecule has 0 spiro atoms. The van der Waals surface area contributed by atoms with Crippen LogP contribution in [0.2, 0.25) is 0 Å². The molecule has 8 heteroatoms. The summed E-state index contributed by atoms with van der Waals surface area (Å²) in [5, 5.41) is 9.43. The fraction of sp³-hybridized carbons (Fsp3) is 0.292. The zero-order valence-electron chi connectivity index (χ0n) is 18.4. The number of benzene rings is 2. The minimum Gasteiger partial charge on any atom is -0.496 e. The second kappa shape index (κ2) is 11.0. The highest BCUT2D eigenvalue weighted by Gasteiger charge is 2.14. The van der Waals surface area contributed by atoms with E-state index in [1.807, 2.05) is 0 Å². The average molecular weight is 437 g/mol. The maximum absolute atomic E-state index is 12.5. The van der Waals surface area contributed by atoms with Crippen LogP contribution in [0.3, 0.4) is 0 Å². The van der Waals surface area contributed by atoms with E-state index in [4.69, 9.17) is 14.0 Å². The van der Waals surface area contributed by atoms with Crippen LogP contribution in [0.25, 0.3) is 0 Å². The number of ether oxygens (including phenoxy) is 2. The molecule has 0 aliphatic rings. The highest BCUT2D eigenvalue weighted by Crippen LogP contribution is 2.21.